The van der Waals surface area contributed by atoms with E-state index in [1.807, 2.05) is 54.4 Å². The molecule has 1 aliphatic heterocycles. The molecule has 0 saturated carbocycles. The molecule has 0 aliphatic carbocycles. The van der Waals surface area contributed by atoms with Gasteiger partial charge in [-0.3, -0.25) is 9.59 Å². The average molecular weight is 457 g/mol. The number of rotatable bonds is 7. The van der Waals surface area contributed by atoms with Gasteiger partial charge in [-0.05, 0) is 55.3 Å². The molecular formula is C26H28N6O2. The molecule has 0 bridgehead atoms. The molecule has 3 N–H and O–H groups in total. The van der Waals surface area contributed by atoms with E-state index < -0.39 is 0 Å². The predicted octanol–water partition coefficient (Wildman–Crippen LogP) is 3.65. The van der Waals surface area contributed by atoms with Gasteiger partial charge in [0.15, 0.2) is 5.78 Å². The molecule has 34 heavy (non-hydrogen) atoms. The Balaban J connectivity index is 1.54. The third kappa shape index (κ3) is 4.91. The maximum atomic E-state index is 13.4. The number of ketones is 1. The van der Waals surface area contributed by atoms with Crippen molar-refractivity contribution in [2.45, 2.75) is 18.9 Å². The van der Waals surface area contributed by atoms with E-state index in [2.05, 4.69) is 21.9 Å². The van der Waals surface area contributed by atoms with Crippen molar-refractivity contribution in [3.8, 4) is 0 Å². The molecule has 1 saturated heterocycles. The van der Waals surface area contributed by atoms with Crippen LogP contribution in [0, 0.1) is 0 Å². The summed E-state index contributed by atoms with van der Waals surface area (Å²) in [6.45, 7) is 4.75. The molecule has 0 spiro atoms. The fourth-order valence-corrected chi connectivity index (χ4v) is 4.13. The minimum absolute atomic E-state index is 0.0552. The smallest absolute Gasteiger partial charge is 0.246 e. The summed E-state index contributed by atoms with van der Waals surface area (Å²) in [5.41, 5.74) is 8.84. The lowest BCUT2D eigenvalue weighted by molar-refractivity contribution is -0.127. The third-order valence-electron chi connectivity index (χ3n) is 6.01. The van der Waals surface area contributed by atoms with E-state index in [-0.39, 0.29) is 29.1 Å². The lowest BCUT2D eigenvalue weighted by atomic mass is 10.0. The van der Waals surface area contributed by atoms with Crippen LogP contribution in [0.1, 0.15) is 28.8 Å². The summed E-state index contributed by atoms with van der Waals surface area (Å²) in [6.07, 6.45) is 4.34. The van der Waals surface area contributed by atoms with Crippen LogP contribution in [-0.4, -0.2) is 52.7 Å². The maximum Gasteiger partial charge on any atom is 0.246 e. The summed E-state index contributed by atoms with van der Waals surface area (Å²) in [6, 6.07) is 17.3. The van der Waals surface area contributed by atoms with Gasteiger partial charge in [0.05, 0.1) is 0 Å². The van der Waals surface area contributed by atoms with Crippen LogP contribution in [0.3, 0.4) is 0 Å². The molecule has 8 nitrogen and oxygen atoms in total. The zero-order valence-electron chi connectivity index (χ0n) is 19.1. The predicted molar refractivity (Wildman–Crippen MR) is 134 cm³/mol. The number of nitrogen functional groups attached to an aromatic ring is 1. The van der Waals surface area contributed by atoms with Gasteiger partial charge >= 0.3 is 0 Å². The molecule has 2 aromatic carbocycles. The minimum Gasteiger partial charge on any atom is -0.383 e. The number of hydrogen-bond donors (Lipinski definition) is 2. The van der Waals surface area contributed by atoms with Gasteiger partial charge in [-0.2, -0.15) is 0 Å². The van der Waals surface area contributed by atoms with E-state index in [1.165, 1.54) is 12.4 Å². The van der Waals surface area contributed by atoms with Gasteiger partial charge in [0.1, 0.15) is 23.5 Å². The number of likely N-dealkylation sites (tertiary alicyclic amines) is 1. The Morgan fingerprint density at radius 1 is 1.12 bits per heavy atom. The van der Waals surface area contributed by atoms with Gasteiger partial charge in [0, 0.05) is 43.1 Å². The number of carbonyl (C=O) groups excluding carboxylic acids is 2. The molecular weight excluding hydrogens is 428 g/mol. The first-order valence-corrected chi connectivity index (χ1v) is 11.2. The van der Waals surface area contributed by atoms with Crippen molar-refractivity contribution < 1.29 is 9.59 Å². The Hall–Kier alpha value is -4.20. The van der Waals surface area contributed by atoms with Gasteiger partial charge in [0.2, 0.25) is 5.91 Å². The number of hydrogen-bond acceptors (Lipinski definition) is 7. The molecule has 1 fully saturated rings. The lowest BCUT2D eigenvalue weighted by Crippen LogP contribution is -2.44. The zero-order valence-corrected chi connectivity index (χ0v) is 19.1. The number of nitrogens with one attached hydrogen (secondary N) is 1. The molecule has 174 valence electrons. The summed E-state index contributed by atoms with van der Waals surface area (Å²) in [7, 11) is 1.97. The number of anilines is 4. The van der Waals surface area contributed by atoms with Crippen LogP contribution in [0.25, 0.3) is 0 Å². The fourth-order valence-electron chi connectivity index (χ4n) is 4.13. The number of carbonyl (C=O) groups is 2. The highest BCUT2D eigenvalue weighted by Gasteiger charge is 2.26. The largest absolute Gasteiger partial charge is 0.383 e. The van der Waals surface area contributed by atoms with E-state index >= 15 is 0 Å². The first kappa shape index (κ1) is 23.0. The monoisotopic (exact) mass is 456 g/mol. The van der Waals surface area contributed by atoms with Crippen LogP contribution in [-0.2, 0) is 4.79 Å². The highest BCUT2D eigenvalue weighted by molar-refractivity contribution is 6.14. The highest BCUT2D eigenvalue weighted by atomic mass is 16.2. The van der Waals surface area contributed by atoms with E-state index in [0.29, 0.717) is 24.5 Å². The van der Waals surface area contributed by atoms with Gasteiger partial charge in [-0.15, -0.1) is 0 Å². The van der Waals surface area contributed by atoms with Gasteiger partial charge < -0.3 is 20.9 Å². The Morgan fingerprint density at radius 2 is 1.82 bits per heavy atom. The topological polar surface area (TPSA) is 104 Å². The second-order valence-corrected chi connectivity index (χ2v) is 8.22. The molecule has 2 heterocycles. The summed E-state index contributed by atoms with van der Waals surface area (Å²) in [5, 5.41) is 3.31. The molecule has 0 radical (unpaired) electrons. The van der Waals surface area contributed by atoms with Crippen LogP contribution < -0.4 is 16.0 Å². The van der Waals surface area contributed by atoms with Gasteiger partial charge in [0.25, 0.3) is 0 Å². The molecule has 1 aromatic heterocycles. The summed E-state index contributed by atoms with van der Waals surface area (Å²) in [4.78, 5) is 37.6. The number of aromatic nitrogens is 2. The van der Waals surface area contributed by atoms with Crippen molar-refractivity contribution in [3.63, 3.8) is 0 Å². The second-order valence-electron chi connectivity index (χ2n) is 8.22. The Kier molecular flexibility index (Phi) is 6.87. The fraction of sp³-hybridized carbons (Fsp3) is 0.231. The number of para-hydroxylation sites is 1. The second kappa shape index (κ2) is 10.2. The molecule has 1 atom stereocenters. The SMILES string of the molecule is C=CC(=O)N1CCCC(Nc2ncnc(N)c2C(=O)c2ccc(N(C)c3ccccc3)cc2)C1. The highest BCUT2D eigenvalue weighted by Crippen LogP contribution is 2.27. The Morgan fingerprint density at radius 3 is 2.53 bits per heavy atom. The molecule has 3 aromatic rings. The molecule has 8 heteroatoms. The van der Waals surface area contributed by atoms with E-state index in [0.717, 1.165) is 24.2 Å². The average Bonchev–Trinajstić information content (AvgIpc) is 2.88. The van der Waals surface area contributed by atoms with E-state index in [9.17, 15) is 9.59 Å². The van der Waals surface area contributed by atoms with Crippen LogP contribution in [0.15, 0.2) is 73.6 Å². The van der Waals surface area contributed by atoms with Crippen LogP contribution in [0.2, 0.25) is 0 Å². The number of nitrogens with zero attached hydrogens (tertiary/aromatic N) is 4. The van der Waals surface area contributed by atoms with Crippen LogP contribution in [0.5, 0.6) is 0 Å². The third-order valence-corrected chi connectivity index (χ3v) is 6.01. The molecule has 1 amide bonds. The van der Waals surface area contributed by atoms with Crippen molar-refractivity contribution in [3.05, 3.63) is 84.7 Å². The minimum atomic E-state index is -0.260. The van der Waals surface area contributed by atoms with Crippen LogP contribution >= 0.6 is 0 Å². The number of amides is 1. The zero-order chi connectivity index (χ0) is 24.1. The van der Waals surface area contributed by atoms with Crippen molar-refractivity contribution in [2.75, 3.05) is 36.1 Å². The maximum absolute atomic E-state index is 13.4. The van der Waals surface area contributed by atoms with Crippen molar-refractivity contribution in [2.24, 2.45) is 0 Å². The quantitative estimate of drug-likeness (QED) is 0.413. The summed E-state index contributed by atoms with van der Waals surface area (Å²) in [5.74, 6) is 0.124. The number of nitrogens with two attached hydrogens (primary N) is 1. The molecule has 1 unspecified atom stereocenters. The summed E-state index contributed by atoms with van der Waals surface area (Å²) < 4.78 is 0. The van der Waals surface area contributed by atoms with Crippen molar-refractivity contribution in [1.82, 2.24) is 14.9 Å². The number of benzene rings is 2. The van der Waals surface area contributed by atoms with Gasteiger partial charge in [-0.25, -0.2) is 9.97 Å². The standard InChI is InChI=1S/C26H28N6O2/c1-3-22(33)32-15-7-8-19(16-32)30-26-23(25(27)28-17-29-26)24(34)18-11-13-21(14-12-18)31(2)20-9-5-4-6-10-20/h3-6,9-14,17,19H,1,7-8,15-16H2,2H3,(H3,27,28,29,30). The normalized spacial score (nSPS) is 15.4. The van der Waals surface area contributed by atoms with Crippen LogP contribution in [0.4, 0.5) is 23.0 Å². The summed E-state index contributed by atoms with van der Waals surface area (Å²) >= 11 is 0. The Bertz CT molecular complexity index is 1180. The van der Waals surface area contributed by atoms with Crippen molar-refractivity contribution in [1.29, 1.82) is 0 Å². The Labute approximate surface area is 199 Å². The van der Waals surface area contributed by atoms with E-state index in [4.69, 9.17) is 5.73 Å². The number of piperidine rings is 1. The molecule has 4 rings (SSSR count). The van der Waals surface area contributed by atoms with E-state index in [1.54, 1.807) is 17.0 Å². The van der Waals surface area contributed by atoms with Crippen molar-refractivity contribution >= 4 is 34.7 Å². The first-order valence-electron chi connectivity index (χ1n) is 11.2. The first-order chi connectivity index (χ1) is 16.5. The lowest BCUT2D eigenvalue weighted by Gasteiger charge is -2.33. The van der Waals surface area contributed by atoms with Gasteiger partial charge in [-0.1, -0.05) is 24.8 Å². The molecule has 1 aliphatic rings.